The largest absolute Gasteiger partial charge is 0.444 e. The SMILES string of the molecule is CC1(CNC(=O)c2ccc(Br)o2)CCCS1. The summed E-state index contributed by atoms with van der Waals surface area (Å²) in [5, 5.41) is 2.92. The quantitative estimate of drug-likeness (QED) is 0.933. The number of nitrogens with one attached hydrogen (secondary N) is 1. The summed E-state index contributed by atoms with van der Waals surface area (Å²) in [6.07, 6.45) is 2.41. The summed E-state index contributed by atoms with van der Waals surface area (Å²) in [7, 11) is 0. The van der Waals surface area contributed by atoms with Crippen molar-refractivity contribution < 1.29 is 9.21 Å². The van der Waals surface area contributed by atoms with Gasteiger partial charge in [0.05, 0.1) is 0 Å². The molecule has 0 spiro atoms. The first-order valence-electron chi connectivity index (χ1n) is 5.27. The van der Waals surface area contributed by atoms with E-state index in [2.05, 4.69) is 28.2 Å². The van der Waals surface area contributed by atoms with Gasteiger partial charge in [-0.1, -0.05) is 0 Å². The van der Waals surface area contributed by atoms with Crippen molar-refractivity contribution in [2.75, 3.05) is 12.3 Å². The Kier molecular flexibility index (Phi) is 3.64. The van der Waals surface area contributed by atoms with Crippen LogP contribution in [0.2, 0.25) is 0 Å². The van der Waals surface area contributed by atoms with Gasteiger partial charge in [-0.15, -0.1) is 0 Å². The first kappa shape index (κ1) is 12.0. The lowest BCUT2D eigenvalue weighted by Gasteiger charge is -2.22. The van der Waals surface area contributed by atoms with Gasteiger partial charge in [0.15, 0.2) is 10.4 Å². The molecule has 1 aromatic rings. The molecule has 1 saturated heterocycles. The molecule has 0 aromatic carbocycles. The second-order valence-electron chi connectivity index (χ2n) is 4.19. The van der Waals surface area contributed by atoms with E-state index in [-0.39, 0.29) is 10.7 Å². The van der Waals surface area contributed by atoms with Crippen LogP contribution in [0.15, 0.2) is 21.2 Å². The van der Waals surface area contributed by atoms with Crippen LogP contribution in [0.3, 0.4) is 0 Å². The molecule has 2 rings (SSSR count). The first-order chi connectivity index (χ1) is 7.59. The van der Waals surface area contributed by atoms with Gasteiger partial charge in [-0.05, 0) is 53.6 Å². The van der Waals surface area contributed by atoms with E-state index in [1.807, 2.05) is 11.8 Å². The minimum atomic E-state index is -0.139. The third-order valence-electron chi connectivity index (χ3n) is 2.72. The van der Waals surface area contributed by atoms with Crippen molar-refractivity contribution in [3.8, 4) is 0 Å². The summed E-state index contributed by atoms with van der Waals surface area (Å²) in [5.41, 5.74) is 0. The van der Waals surface area contributed by atoms with Crippen LogP contribution in [0, 0.1) is 0 Å². The summed E-state index contributed by atoms with van der Waals surface area (Å²) < 4.78 is 5.97. The molecule has 16 heavy (non-hydrogen) atoms. The van der Waals surface area contributed by atoms with Crippen LogP contribution < -0.4 is 5.32 Å². The number of amides is 1. The molecule has 88 valence electrons. The fourth-order valence-electron chi connectivity index (χ4n) is 1.77. The van der Waals surface area contributed by atoms with Crippen LogP contribution in [0.5, 0.6) is 0 Å². The van der Waals surface area contributed by atoms with E-state index in [9.17, 15) is 4.79 Å². The summed E-state index contributed by atoms with van der Waals surface area (Å²) in [5.74, 6) is 1.41. The van der Waals surface area contributed by atoms with Crippen LogP contribution in [0.4, 0.5) is 0 Å². The van der Waals surface area contributed by atoms with Crippen LogP contribution in [0.25, 0.3) is 0 Å². The highest BCUT2D eigenvalue weighted by Crippen LogP contribution is 2.36. The van der Waals surface area contributed by atoms with Crippen LogP contribution >= 0.6 is 27.7 Å². The molecular formula is C11H14BrNO2S. The average molecular weight is 304 g/mol. The van der Waals surface area contributed by atoms with Crippen molar-refractivity contribution in [1.82, 2.24) is 5.32 Å². The van der Waals surface area contributed by atoms with Crippen LogP contribution in [-0.2, 0) is 0 Å². The Labute approximate surface area is 107 Å². The molecule has 0 bridgehead atoms. The van der Waals surface area contributed by atoms with Gasteiger partial charge >= 0.3 is 0 Å². The Balaban J connectivity index is 1.88. The molecule has 2 heterocycles. The monoisotopic (exact) mass is 303 g/mol. The fourth-order valence-corrected chi connectivity index (χ4v) is 3.32. The molecular weight excluding hydrogens is 290 g/mol. The summed E-state index contributed by atoms with van der Waals surface area (Å²) in [4.78, 5) is 11.7. The Bertz CT molecular complexity index is 385. The predicted molar refractivity (Wildman–Crippen MR) is 68.8 cm³/mol. The standard InChI is InChI=1S/C11H14BrNO2S/c1-11(5-2-6-16-11)7-13-10(14)8-3-4-9(12)15-8/h3-4H,2,5-7H2,1H3,(H,13,14). The maximum absolute atomic E-state index is 11.7. The van der Waals surface area contributed by atoms with E-state index < -0.39 is 0 Å². The van der Waals surface area contributed by atoms with E-state index in [1.54, 1.807) is 12.1 Å². The van der Waals surface area contributed by atoms with Crippen molar-refractivity contribution in [3.05, 3.63) is 22.6 Å². The minimum Gasteiger partial charge on any atom is -0.444 e. The molecule has 0 aliphatic carbocycles. The Hall–Kier alpha value is -0.420. The van der Waals surface area contributed by atoms with Gasteiger partial charge in [0.2, 0.25) is 0 Å². The number of thioether (sulfide) groups is 1. The molecule has 0 radical (unpaired) electrons. The van der Waals surface area contributed by atoms with Gasteiger partial charge in [0, 0.05) is 11.3 Å². The number of hydrogen-bond donors (Lipinski definition) is 1. The van der Waals surface area contributed by atoms with Crippen molar-refractivity contribution in [3.63, 3.8) is 0 Å². The number of hydrogen-bond acceptors (Lipinski definition) is 3. The molecule has 3 nitrogen and oxygen atoms in total. The van der Waals surface area contributed by atoms with Gasteiger partial charge < -0.3 is 9.73 Å². The lowest BCUT2D eigenvalue weighted by atomic mass is 10.1. The molecule has 1 fully saturated rings. The molecule has 1 N–H and O–H groups in total. The maximum Gasteiger partial charge on any atom is 0.287 e. The van der Waals surface area contributed by atoms with Crippen molar-refractivity contribution in [2.45, 2.75) is 24.5 Å². The number of rotatable bonds is 3. The van der Waals surface area contributed by atoms with Crippen LogP contribution in [-0.4, -0.2) is 23.0 Å². The van der Waals surface area contributed by atoms with Gasteiger partial charge in [-0.25, -0.2) is 0 Å². The first-order valence-corrected chi connectivity index (χ1v) is 7.04. The fraction of sp³-hybridized carbons (Fsp3) is 0.545. The molecule has 0 saturated carbocycles. The van der Waals surface area contributed by atoms with E-state index in [0.29, 0.717) is 17.0 Å². The van der Waals surface area contributed by atoms with Crippen LogP contribution in [0.1, 0.15) is 30.3 Å². The lowest BCUT2D eigenvalue weighted by Crippen LogP contribution is -2.36. The number of carbonyl (C=O) groups excluding carboxylic acids is 1. The molecule has 1 amide bonds. The van der Waals surface area contributed by atoms with E-state index >= 15 is 0 Å². The van der Waals surface area contributed by atoms with E-state index in [1.165, 1.54) is 18.6 Å². The topological polar surface area (TPSA) is 42.2 Å². The van der Waals surface area contributed by atoms with E-state index in [0.717, 1.165) is 0 Å². The average Bonchev–Trinajstić information content (AvgIpc) is 2.85. The maximum atomic E-state index is 11.7. The predicted octanol–water partition coefficient (Wildman–Crippen LogP) is 3.06. The number of carbonyl (C=O) groups is 1. The Morgan fingerprint density at radius 1 is 1.69 bits per heavy atom. The summed E-state index contributed by atoms with van der Waals surface area (Å²) in [6.45, 7) is 2.90. The lowest BCUT2D eigenvalue weighted by molar-refractivity contribution is 0.0921. The van der Waals surface area contributed by atoms with Gasteiger partial charge in [-0.3, -0.25) is 4.79 Å². The van der Waals surface area contributed by atoms with Gasteiger partial charge in [0.25, 0.3) is 5.91 Å². The molecule has 1 atom stereocenters. The Morgan fingerprint density at radius 3 is 3.06 bits per heavy atom. The minimum absolute atomic E-state index is 0.139. The summed E-state index contributed by atoms with van der Waals surface area (Å²) >= 11 is 5.11. The second kappa shape index (κ2) is 4.84. The normalized spacial score (nSPS) is 24.6. The van der Waals surface area contributed by atoms with Crippen molar-refractivity contribution >= 4 is 33.6 Å². The van der Waals surface area contributed by atoms with Gasteiger partial charge in [0.1, 0.15) is 0 Å². The van der Waals surface area contributed by atoms with Crippen molar-refractivity contribution in [1.29, 1.82) is 0 Å². The Morgan fingerprint density at radius 2 is 2.50 bits per heavy atom. The molecule has 1 unspecified atom stereocenters. The highest BCUT2D eigenvalue weighted by Gasteiger charge is 2.30. The number of furan rings is 1. The third-order valence-corrected chi connectivity index (χ3v) is 4.68. The van der Waals surface area contributed by atoms with E-state index in [4.69, 9.17) is 4.42 Å². The number of halogens is 1. The molecule has 5 heteroatoms. The van der Waals surface area contributed by atoms with Gasteiger partial charge in [-0.2, -0.15) is 11.8 Å². The molecule has 1 aliphatic rings. The summed E-state index contributed by atoms with van der Waals surface area (Å²) in [6, 6.07) is 3.39. The smallest absolute Gasteiger partial charge is 0.287 e. The van der Waals surface area contributed by atoms with Crippen molar-refractivity contribution in [2.24, 2.45) is 0 Å². The second-order valence-corrected chi connectivity index (χ2v) is 6.65. The zero-order chi connectivity index (χ0) is 11.6. The highest BCUT2D eigenvalue weighted by atomic mass is 79.9. The zero-order valence-electron chi connectivity index (χ0n) is 9.09. The molecule has 1 aliphatic heterocycles. The molecule has 1 aromatic heterocycles. The zero-order valence-corrected chi connectivity index (χ0v) is 11.5. The third kappa shape index (κ3) is 2.83. The highest BCUT2D eigenvalue weighted by molar-refractivity contribution is 9.10.